The van der Waals surface area contributed by atoms with Crippen LogP contribution < -0.4 is 10.2 Å². The molecule has 3 rings (SSSR count). The van der Waals surface area contributed by atoms with Gasteiger partial charge in [-0.25, -0.2) is 0 Å². The lowest BCUT2D eigenvalue weighted by atomic mass is 10.1. The Bertz CT molecular complexity index is 974. The van der Waals surface area contributed by atoms with Crippen molar-refractivity contribution in [2.24, 2.45) is 5.92 Å². The van der Waals surface area contributed by atoms with Crippen LogP contribution in [0.4, 0.5) is 21.5 Å². The number of anilines is 2. The molecule has 1 heterocycles. The van der Waals surface area contributed by atoms with E-state index in [-0.39, 0.29) is 36.3 Å². The Morgan fingerprint density at radius 1 is 1.21 bits per heavy atom. The second-order valence-corrected chi connectivity index (χ2v) is 6.42. The minimum atomic E-state index is -0.997. The van der Waals surface area contributed by atoms with Gasteiger partial charge in [-0.05, 0) is 43.3 Å². The zero-order valence-electron chi connectivity index (χ0n) is 14.8. The van der Waals surface area contributed by atoms with E-state index in [9.17, 15) is 28.9 Å². The summed E-state index contributed by atoms with van der Waals surface area (Å²) < 4.78 is 13.5. The van der Waals surface area contributed by atoms with Crippen LogP contribution in [0.15, 0.2) is 42.5 Å². The average Bonchev–Trinajstić information content (AvgIpc) is 3.04. The summed E-state index contributed by atoms with van der Waals surface area (Å²) in [5.41, 5.74) is 0.430. The molecule has 28 heavy (non-hydrogen) atoms. The molecular formula is C19H16FN3O5. The molecule has 1 fully saturated rings. The zero-order valence-corrected chi connectivity index (χ0v) is 14.8. The number of carbonyl (C=O) groups is 3. The van der Waals surface area contributed by atoms with Crippen LogP contribution in [0.25, 0.3) is 0 Å². The monoisotopic (exact) mass is 385 g/mol. The molecule has 1 aliphatic rings. The maximum Gasteiger partial charge on any atom is 0.306 e. The van der Waals surface area contributed by atoms with Gasteiger partial charge in [0.05, 0.1) is 16.5 Å². The Hall–Kier alpha value is -3.62. The second kappa shape index (κ2) is 7.55. The number of nitro benzene ring substituents is 1. The van der Waals surface area contributed by atoms with Crippen molar-refractivity contribution in [3.8, 4) is 0 Å². The summed E-state index contributed by atoms with van der Waals surface area (Å²) in [6.45, 7) is 1.46. The molecule has 1 aliphatic heterocycles. The maximum atomic E-state index is 13.5. The third-order valence-electron chi connectivity index (χ3n) is 4.49. The summed E-state index contributed by atoms with van der Waals surface area (Å²) in [4.78, 5) is 47.3. The fourth-order valence-electron chi connectivity index (χ4n) is 2.97. The summed E-state index contributed by atoms with van der Waals surface area (Å²) in [5.74, 6) is -2.52. The zero-order chi connectivity index (χ0) is 20.4. The first kappa shape index (κ1) is 19.2. The largest absolute Gasteiger partial charge is 0.326 e. The van der Waals surface area contributed by atoms with E-state index in [0.717, 1.165) is 12.1 Å². The van der Waals surface area contributed by atoms with Crippen molar-refractivity contribution in [1.29, 1.82) is 0 Å². The smallest absolute Gasteiger partial charge is 0.306 e. The lowest BCUT2D eigenvalue weighted by molar-refractivity contribution is -0.387. The number of hydrogen-bond donors (Lipinski definition) is 1. The highest BCUT2D eigenvalue weighted by atomic mass is 19.1. The van der Waals surface area contributed by atoms with Crippen LogP contribution in [0.1, 0.15) is 23.7 Å². The quantitative estimate of drug-likeness (QED) is 0.483. The lowest BCUT2D eigenvalue weighted by Gasteiger charge is -2.16. The number of nitrogens with zero attached hydrogens (tertiary/aromatic N) is 2. The number of rotatable bonds is 5. The number of carbonyl (C=O) groups excluding carboxylic acids is 3. The Balaban J connectivity index is 1.71. The van der Waals surface area contributed by atoms with Gasteiger partial charge in [0, 0.05) is 30.3 Å². The number of nitro groups is 1. The molecule has 144 valence electrons. The molecule has 1 unspecified atom stereocenters. The summed E-state index contributed by atoms with van der Waals surface area (Å²) in [5, 5.41) is 13.6. The molecule has 0 saturated carbocycles. The molecule has 0 radical (unpaired) electrons. The van der Waals surface area contributed by atoms with Gasteiger partial charge >= 0.3 is 5.69 Å². The highest BCUT2D eigenvalue weighted by Crippen LogP contribution is 2.30. The van der Waals surface area contributed by atoms with E-state index in [1.165, 1.54) is 17.9 Å². The Labute approximate surface area is 159 Å². The second-order valence-electron chi connectivity index (χ2n) is 6.42. The first-order chi connectivity index (χ1) is 13.3. The molecule has 2 aromatic carbocycles. The number of benzene rings is 2. The molecule has 1 atom stereocenters. The van der Waals surface area contributed by atoms with E-state index in [4.69, 9.17) is 0 Å². The molecule has 0 aliphatic carbocycles. The van der Waals surface area contributed by atoms with Gasteiger partial charge in [-0.3, -0.25) is 24.5 Å². The van der Waals surface area contributed by atoms with E-state index in [1.807, 2.05) is 0 Å². The van der Waals surface area contributed by atoms with Gasteiger partial charge in [-0.15, -0.1) is 0 Å². The van der Waals surface area contributed by atoms with Gasteiger partial charge < -0.3 is 10.2 Å². The van der Waals surface area contributed by atoms with Crippen LogP contribution in [0, 0.1) is 21.8 Å². The molecule has 0 bridgehead atoms. The first-order valence-electron chi connectivity index (χ1n) is 8.42. The number of nitrogens with one attached hydrogen (secondary N) is 1. The van der Waals surface area contributed by atoms with Crippen LogP contribution >= 0.6 is 0 Å². The van der Waals surface area contributed by atoms with E-state index in [2.05, 4.69) is 5.32 Å². The minimum Gasteiger partial charge on any atom is -0.326 e. The maximum absolute atomic E-state index is 13.5. The number of halogens is 1. The first-order valence-corrected chi connectivity index (χ1v) is 8.42. The molecule has 0 aromatic heterocycles. The number of amides is 2. The number of hydrogen-bond acceptors (Lipinski definition) is 5. The van der Waals surface area contributed by atoms with E-state index in [1.54, 1.807) is 24.3 Å². The predicted octanol–water partition coefficient (Wildman–Crippen LogP) is 2.93. The van der Waals surface area contributed by atoms with E-state index in [0.29, 0.717) is 11.3 Å². The van der Waals surface area contributed by atoms with Crippen LogP contribution in [0.3, 0.4) is 0 Å². The minimum absolute atomic E-state index is 0.0268. The standard InChI is InChI=1S/C19H16FN3O5/c1-11(24)12-2-4-14(5-3-12)21-19(26)13-8-18(25)22(10-13)15-6-7-16(20)17(9-15)23(27)28/h2-7,9,13H,8,10H2,1H3,(H,21,26). The Morgan fingerprint density at radius 3 is 2.50 bits per heavy atom. The van der Waals surface area contributed by atoms with E-state index < -0.39 is 22.3 Å². The molecule has 1 saturated heterocycles. The Morgan fingerprint density at radius 2 is 1.89 bits per heavy atom. The summed E-state index contributed by atoms with van der Waals surface area (Å²) >= 11 is 0. The Kier molecular flexibility index (Phi) is 5.16. The topological polar surface area (TPSA) is 110 Å². The summed E-state index contributed by atoms with van der Waals surface area (Å²) in [7, 11) is 0. The summed E-state index contributed by atoms with van der Waals surface area (Å²) in [6.07, 6.45) is -0.0669. The predicted molar refractivity (Wildman–Crippen MR) is 98.6 cm³/mol. The number of ketones is 1. The highest BCUT2D eigenvalue weighted by Gasteiger charge is 2.36. The normalized spacial score (nSPS) is 16.1. The molecule has 2 aromatic rings. The average molecular weight is 385 g/mol. The van der Waals surface area contributed by atoms with Crippen molar-refractivity contribution in [3.63, 3.8) is 0 Å². The number of Topliss-reactive ketones (excluding diaryl/α,β-unsaturated/α-hetero) is 1. The van der Waals surface area contributed by atoms with Crippen LogP contribution in [-0.2, 0) is 9.59 Å². The van der Waals surface area contributed by atoms with Crippen LogP contribution in [0.5, 0.6) is 0 Å². The van der Waals surface area contributed by atoms with Crippen molar-refractivity contribution in [2.75, 3.05) is 16.8 Å². The molecule has 9 heteroatoms. The van der Waals surface area contributed by atoms with Crippen LogP contribution in [-0.4, -0.2) is 29.1 Å². The third-order valence-corrected chi connectivity index (χ3v) is 4.49. The van der Waals surface area contributed by atoms with Gasteiger partial charge in [-0.2, -0.15) is 4.39 Å². The molecule has 2 amide bonds. The van der Waals surface area contributed by atoms with Gasteiger partial charge in [0.1, 0.15) is 0 Å². The van der Waals surface area contributed by atoms with Gasteiger partial charge in [0.2, 0.25) is 17.6 Å². The molecule has 8 nitrogen and oxygen atoms in total. The van der Waals surface area contributed by atoms with Gasteiger partial charge in [-0.1, -0.05) is 0 Å². The van der Waals surface area contributed by atoms with Crippen LogP contribution in [0.2, 0.25) is 0 Å². The summed E-state index contributed by atoms with van der Waals surface area (Å²) in [6, 6.07) is 9.52. The van der Waals surface area contributed by atoms with Crippen molar-refractivity contribution >= 4 is 34.7 Å². The van der Waals surface area contributed by atoms with Crippen molar-refractivity contribution in [1.82, 2.24) is 0 Å². The molecule has 1 N–H and O–H groups in total. The van der Waals surface area contributed by atoms with Crippen molar-refractivity contribution < 1.29 is 23.7 Å². The highest BCUT2D eigenvalue weighted by molar-refractivity contribution is 6.03. The van der Waals surface area contributed by atoms with E-state index >= 15 is 0 Å². The fraction of sp³-hybridized carbons (Fsp3) is 0.211. The van der Waals surface area contributed by atoms with Crippen molar-refractivity contribution in [2.45, 2.75) is 13.3 Å². The third kappa shape index (κ3) is 3.88. The fourth-order valence-corrected chi connectivity index (χ4v) is 2.97. The van der Waals surface area contributed by atoms with Crippen molar-refractivity contribution in [3.05, 3.63) is 64.0 Å². The van der Waals surface area contributed by atoms with Gasteiger partial charge in [0.15, 0.2) is 5.78 Å². The lowest BCUT2D eigenvalue weighted by Crippen LogP contribution is -2.28. The molecule has 0 spiro atoms. The van der Waals surface area contributed by atoms with Gasteiger partial charge in [0.25, 0.3) is 0 Å². The molecular weight excluding hydrogens is 369 g/mol. The SMILES string of the molecule is CC(=O)c1ccc(NC(=O)C2CC(=O)N(c3ccc(F)c([N+](=O)[O-])c3)C2)cc1.